The Morgan fingerprint density at radius 3 is 2.82 bits per heavy atom. The molecule has 1 aliphatic rings. The third-order valence-corrected chi connectivity index (χ3v) is 5.33. The second kappa shape index (κ2) is 8.29. The molecule has 0 bridgehead atoms. The maximum Gasteiger partial charge on any atom is 0.254 e. The van der Waals surface area contributed by atoms with Crippen molar-refractivity contribution < 1.29 is 9.18 Å². The Bertz CT molecular complexity index is 943. The van der Waals surface area contributed by atoms with Crippen LogP contribution in [0.25, 0.3) is 11.4 Å². The molecule has 1 unspecified atom stereocenters. The van der Waals surface area contributed by atoms with Crippen LogP contribution >= 0.6 is 0 Å². The number of aromatic amines is 1. The van der Waals surface area contributed by atoms with Gasteiger partial charge in [-0.2, -0.15) is 5.21 Å². The summed E-state index contributed by atoms with van der Waals surface area (Å²) in [6, 6.07) is 14.2. The summed E-state index contributed by atoms with van der Waals surface area (Å²) in [7, 11) is 0. The fourth-order valence-electron chi connectivity index (χ4n) is 3.86. The van der Waals surface area contributed by atoms with Crippen LogP contribution in [0.4, 0.5) is 4.39 Å². The van der Waals surface area contributed by atoms with Gasteiger partial charge in [-0.05, 0) is 54.5 Å². The molecule has 4 rings (SSSR count). The number of tetrazole rings is 1. The Balaban J connectivity index is 1.45. The number of amides is 1. The van der Waals surface area contributed by atoms with Gasteiger partial charge in [-0.1, -0.05) is 36.4 Å². The molecule has 3 aromatic rings. The summed E-state index contributed by atoms with van der Waals surface area (Å²) in [4.78, 5) is 15.1. The molecule has 0 radical (unpaired) electrons. The number of piperidine rings is 1. The maximum absolute atomic E-state index is 13.9. The molecule has 28 heavy (non-hydrogen) atoms. The van der Waals surface area contributed by atoms with Gasteiger partial charge in [0.15, 0.2) is 0 Å². The summed E-state index contributed by atoms with van der Waals surface area (Å²) in [5.41, 5.74) is 2.00. The Labute approximate surface area is 162 Å². The number of carbonyl (C=O) groups is 1. The average Bonchev–Trinajstić information content (AvgIpc) is 3.28. The molecule has 2 aromatic carbocycles. The number of aryl methyl sites for hydroxylation is 1. The highest BCUT2D eigenvalue weighted by Crippen LogP contribution is 2.26. The first-order valence-electron chi connectivity index (χ1n) is 9.58. The Morgan fingerprint density at radius 2 is 2.00 bits per heavy atom. The number of nitrogens with one attached hydrogen (secondary N) is 1. The van der Waals surface area contributed by atoms with E-state index in [2.05, 4.69) is 20.6 Å². The van der Waals surface area contributed by atoms with E-state index in [1.54, 1.807) is 12.1 Å². The first-order chi connectivity index (χ1) is 13.7. The van der Waals surface area contributed by atoms with E-state index in [9.17, 15) is 9.18 Å². The molecule has 7 heteroatoms. The Morgan fingerprint density at radius 1 is 1.18 bits per heavy atom. The lowest BCUT2D eigenvalue weighted by Gasteiger charge is -2.33. The normalized spacial score (nSPS) is 16.9. The van der Waals surface area contributed by atoms with Crippen molar-refractivity contribution in [3.05, 3.63) is 65.5 Å². The first-order valence-corrected chi connectivity index (χ1v) is 9.58. The fourth-order valence-corrected chi connectivity index (χ4v) is 3.86. The van der Waals surface area contributed by atoms with Gasteiger partial charge >= 0.3 is 0 Å². The van der Waals surface area contributed by atoms with Gasteiger partial charge in [-0.3, -0.25) is 4.79 Å². The zero-order chi connectivity index (χ0) is 19.3. The monoisotopic (exact) mass is 379 g/mol. The molecule has 0 saturated carbocycles. The number of carbonyl (C=O) groups excluding carboxylic acids is 1. The minimum Gasteiger partial charge on any atom is -0.338 e. The van der Waals surface area contributed by atoms with Gasteiger partial charge in [0.25, 0.3) is 5.91 Å². The lowest BCUT2D eigenvalue weighted by molar-refractivity contribution is 0.0669. The van der Waals surface area contributed by atoms with E-state index in [4.69, 9.17) is 0 Å². The smallest absolute Gasteiger partial charge is 0.254 e. The number of hydrogen-bond donors (Lipinski definition) is 1. The third kappa shape index (κ3) is 3.93. The summed E-state index contributed by atoms with van der Waals surface area (Å²) in [6.07, 6.45) is 3.58. The van der Waals surface area contributed by atoms with E-state index in [0.29, 0.717) is 35.8 Å². The van der Waals surface area contributed by atoms with Crippen LogP contribution in [0.1, 0.15) is 35.2 Å². The first kappa shape index (κ1) is 18.3. The molecule has 1 fully saturated rings. The highest BCUT2D eigenvalue weighted by molar-refractivity contribution is 6.00. The Kier molecular flexibility index (Phi) is 5.41. The molecule has 0 aliphatic carbocycles. The van der Waals surface area contributed by atoms with Crippen LogP contribution < -0.4 is 0 Å². The number of halogens is 1. The van der Waals surface area contributed by atoms with Crippen LogP contribution in [0.15, 0.2) is 48.5 Å². The van der Waals surface area contributed by atoms with Crippen LogP contribution in [-0.2, 0) is 6.42 Å². The quantitative estimate of drug-likeness (QED) is 0.736. The molecule has 0 spiro atoms. The van der Waals surface area contributed by atoms with E-state index in [0.717, 1.165) is 31.4 Å². The van der Waals surface area contributed by atoms with Crippen molar-refractivity contribution in [2.24, 2.45) is 5.92 Å². The number of nitrogens with zero attached hydrogens (tertiary/aromatic N) is 4. The number of H-pyrrole nitrogens is 1. The van der Waals surface area contributed by atoms with Crippen molar-refractivity contribution in [3.8, 4) is 11.4 Å². The summed E-state index contributed by atoms with van der Waals surface area (Å²) >= 11 is 0. The molecular formula is C21H22FN5O. The molecule has 1 N–H and O–H groups in total. The number of aromatic nitrogens is 4. The van der Waals surface area contributed by atoms with Gasteiger partial charge in [-0.15, -0.1) is 10.2 Å². The largest absolute Gasteiger partial charge is 0.338 e. The minimum atomic E-state index is -0.153. The van der Waals surface area contributed by atoms with Gasteiger partial charge in [0.2, 0.25) is 5.82 Å². The molecule has 1 atom stereocenters. The molecular weight excluding hydrogens is 357 g/mol. The van der Waals surface area contributed by atoms with E-state index < -0.39 is 0 Å². The van der Waals surface area contributed by atoms with Crippen molar-refractivity contribution in [3.63, 3.8) is 0 Å². The van der Waals surface area contributed by atoms with Gasteiger partial charge in [-0.25, -0.2) is 4.39 Å². The van der Waals surface area contributed by atoms with E-state index >= 15 is 0 Å². The topological polar surface area (TPSA) is 74.8 Å². The summed E-state index contributed by atoms with van der Waals surface area (Å²) in [6.45, 7) is 1.42. The molecule has 1 aliphatic heterocycles. The van der Waals surface area contributed by atoms with Crippen molar-refractivity contribution in [1.82, 2.24) is 25.5 Å². The zero-order valence-electron chi connectivity index (χ0n) is 15.5. The van der Waals surface area contributed by atoms with Crippen molar-refractivity contribution in [2.75, 3.05) is 13.1 Å². The van der Waals surface area contributed by atoms with Crippen molar-refractivity contribution in [1.29, 1.82) is 0 Å². The van der Waals surface area contributed by atoms with Gasteiger partial charge in [0.05, 0.1) is 5.56 Å². The predicted molar refractivity (Wildman–Crippen MR) is 103 cm³/mol. The SMILES string of the molecule is O=C(c1ccccc1-c1nn[nH]n1)N1CCCC(CCc2ccccc2F)C1. The second-order valence-corrected chi connectivity index (χ2v) is 7.17. The third-order valence-electron chi connectivity index (χ3n) is 5.33. The van der Waals surface area contributed by atoms with Crippen LogP contribution in [0.3, 0.4) is 0 Å². The van der Waals surface area contributed by atoms with Crippen LogP contribution in [0.5, 0.6) is 0 Å². The predicted octanol–water partition coefficient (Wildman–Crippen LogP) is 3.49. The molecule has 144 valence electrons. The molecule has 6 nitrogen and oxygen atoms in total. The highest BCUT2D eigenvalue weighted by Gasteiger charge is 2.26. The summed E-state index contributed by atoms with van der Waals surface area (Å²) in [5.74, 6) is 0.614. The fraction of sp³-hybridized carbons (Fsp3) is 0.333. The van der Waals surface area contributed by atoms with Crippen molar-refractivity contribution in [2.45, 2.75) is 25.7 Å². The summed E-state index contributed by atoms with van der Waals surface area (Å²) in [5, 5.41) is 14.0. The lowest BCUT2D eigenvalue weighted by Crippen LogP contribution is -2.40. The van der Waals surface area contributed by atoms with Crippen LogP contribution in [0.2, 0.25) is 0 Å². The van der Waals surface area contributed by atoms with Gasteiger partial charge < -0.3 is 4.90 Å². The standard InChI is InChI=1S/C21H22FN5O/c22-19-10-4-1-7-16(19)12-11-15-6-5-13-27(14-15)21(28)18-9-3-2-8-17(18)20-23-25-26-24-20/h1-4,7-10,15H,5-6,11-14H2,(H,23,24,25,26). The van der Waals surface area contributed by atoms with Crippen LogP contribution in [0, 0.1) is 11.7 Å². The minimum absolute atomic E-state index is 0.0176. The lowest BCUT2D eigenvalue weighted by atomic mass is 9.91. The van der Waals surface area contributed by atoms with E-state index in [1.165, 1.54) is 6.07 Å². The van der Waals surface area contributed by atoms with E-state index in [1.807, 2.05) is 35.2 Å². The average molecular weight is 379 g/mol. The number of benzene rings is 2. The molecule has 1 aromatic heterocycles. The number of rotatable bonds is 5. The number of hydrogen-bond acceptors (Lipinski definition) is 4. The van der Waals surface area contributed by atoms with Crippen LogP contribution in [-0.4, -0.2) is 44.5 Å². The van der Waals surface area contributed by atoms with Gasteiger partial charge in [0, 0.05) is 18.7 Å². The molecule has 2 heterocycles. The maximum atomic E-state index is 13.9. The molecule has 1 amide bonds. The zero-order valence-corrected chi connectivity index (χ0v) is 15.5. The van der Waals surface area contributed by atoms with E-state index in [-0.39, 0.29) is 11.7 Å². The van der Waals surface area contributed by atoms with Crippen molar-refractivity contribution >= 4 is 5.91 Å². The summed E-state index contributed by atoms with van der Waals surface area (Å²) < 4.78 is 13.9. The van der Waals surface area contributed by atoms with Gasteiger partial charge in [0.1, 0.15) is 5.82 Å². The Hall–Kier alpha value is -3.09. The second-order valence-electron chi connectivity index (χ2n) is 7.17. The number of likely N-dealkylation sites (tertiary alicyclic amines) is 1. The highest BCUT2D eigenvalue weighted by atomic mass is 19.1. The molecule has 1 saturated heterocycles.